The molecule has 0 bridgehead atoms. The van der Waals surface area contributed by atoms with Crippen LogP contribution >= 0.6 is 11.3 Å². The number of anilines is 1. The largest absolute Gasteiger partial charge is 0.416 e. The highest BCUT2D eigenvalue weighted by Crippen LogP contribution is 2.34. The Bertz CT molecular complexity index is 1250. The van der Waals surface area contributed by atoms with Crippen LogP contribution in [0.2, 0.25) is 0 Å². The first kappa shape index (κ1) is 23.9. The van der Waals surface area contributed by atoms with E-state index in [1.54, 1.807) is 24.6 Å². The number of halogens is 3. The number of alkyl halides is 3. The quantitative estimate of drug-likeness (QED) is 0.536. The highest BCUT2D eigenvalue weighted by molar-refractivity contribution is 7.13. The van der Waals surface area contributed by atoms with Crippen molar-refractivity contribution < 1.29 is 18.0 Å². The number of aromatic nitrogens is 3. The van der Waals surface area contributed by atoms with Gasteiger partial charge in [-0.05, 0) is 49.8 Å². The maximum absolute atomic E-state index is 13.2. The fraction of sp³-hybridized carbons (Fsp3) is 0.542. The van der Waals surface area contributed by atoms with Crippen LogP contribution in [0.4, 0.5) is 18.3 Å². The third-order valence-electron chi connectivity index (χ3n) is 7.39. The molecule has 0 radical (unpaired) electrons. The summed E-state index contributed by atoms with van der Waals surface area (Å²) in [7, 11) is 1.58. The van der Waals surface area contributed by atoms with Crippen LogP contribution in [0.1, 0.15) is 31.2 Å². The SMILES string of the molecule is Cn1c(=O)n(CC2CCC(C(=O)N3CCN(c4nccs4)CC3)CC2)c2cc(C(F)(F)F)ccc21. The number of thiazole rings is 1. The summed E-state index contributed by atoms with van der Waals surface area (Å²) in [5, 5.41) is 2.94. The summed E-state index contributed by atoms with van der Waals surface area (Å²) in [5.41, 5.74) is -0.267. The normalized spacial score (nSPS) is 21.6. The topological polar surface area (TPSA) is 63.4 Å². The molecule has 1 saturated carbocycles. The Labute approximate surface area is 204 Å². The van der Waals surface area contributed by atoms with E-state index in [4.69, 9.17) is 0 Å². The van der Waals surface area contributed by atoms with E-state index >= 15 is 0 Å². The summed E-state index contributed by atoms with van der Waals surface area (Å²) in [4.78, 5) is 34.4. The molecule has 2 fully saturated rings. The molecule has 1 amide bonds. The minimum Gasteiger partial charge on any atom is -0.345 e. The number of piperazine rings is 1. The van der Waals surface area contributed by atoms with Gasteiger partial charge in [-0.2, -0.15) is 13.2 Å². The smallest absolute Gasteiger partial charge is 0.345 e. The maximum atomic E-state index is 13.2. The summed E-state index contributed by atoms with van der Waals surface area (Å²) in [5.74, 6) is 0.316. The Balaban J connectivity index is 1.21. The molecule has 3 aromatic rings. The third-order valence-corrected chi connectivity index (χ3v) is 8.22. The van der Waals surface area contributed by atoms with Crippen molar-refractivity contribution in [3.63, 3.8) is 0 Å². The van der Waals surface area contributed by atoms with Crippen LogP contribution in [0.3, 0.4) is 0 Å². The summed E-state index contributed by atoms with van der Waals surface area (Å²) in [6, 6.07) is 3.44. The van der Waals surface area contributed by atoms with E-state index in [2.05, 4.69) is 9.88 Å². The third kappa shape index (κ3) is 4.70. The van der Waals surface area contributed by atoms with Crippen molar-refractivity contribution in [2.75, 3.05) is 31.1 Å². The molecule has 1 aliphatic carbocycles. The molecule has 1 saturated heterocycles. The summed E-state index contributed by atoms with van der Waals surface area (Å²) >= 11 is 1.60. The van der Waals surface area contributed by atoms with E-state index in [9.17, 15) is 22.8 Å². The van der Waals surface area contributed by atoms with Crippen molar-refractivity contribution in [3.8, 4) is 0 Å². The maximum Gasteiger partial charge on any atom is 0.416 e. The number of hydrogen-bond acceptors (Lipinski definition) is 5. The minimum absolute atomic E-state index is 0.0289. The van der Waals surface area contributed by atoms with Gasteiger partial charge in [0.15, 0.2) is 5.13 Å². The average molecular weight is 508 g/mol. The van der Waals surface area contributed by atoms with Gasteiger partial charge in [-0.1, -0.05) is 0 Å². The van der Waals surface area contributed by atoms with Gasteiger partial charge in [-0.15, -0.1) is 11.3 Å². The predicted octanol–water partition coefficient (Wildman–Crippen LogP) is 3.97. The van der Waals surface area contributed by atoms with Crippen LogP contribution in [0.5, 0.6) is 0 Å². The summed E-state index contributed by atoms with van der Waals surface area (Å²) in [6.07, 6.45) is 0.355. The zero-order valence-corrected chi connectivity index (χ0v) is 20.3. The summed E-state index contributed by atoms with van der Waals surface area (Å²) < 4.78 is 42.6. The van der Waals surface area contributed by atoms with Crippen LogP contribution < -0.4 is 10.6 Å². The highest BCUT2D eigenvalue weighted by Gasteiger charge is 2.33. The molecular formula is C24H28F3N5O2S. The van der Waals surface area contributed by atoms with E-state index in [0.717, 1.165) is 56.0 Å². The number of imidazole rings is 1. The van der Waals surface area contributed by atoms with Gasteiger partial charge in [0.1, 0.15) is 0 Å². The van der Waals surface area contributed by atoms with Gasteiger partial charge >= 0.3 is 11.9 Å². The number of carbonyl (C=O) groups excluding carboxylic acids is 1. The van der Waals surface area contributed by atoms with Crippen LogP contribution in [-0.2, 0) is 24.6 Å². The van der Waals surface area contributed by atoms with Gasteiger partial charge in [0.25, 0.3) is 0 Å². The molecule has 11 heteroatoms. The van der Waals surface area contributed by atoms with Crippen molar-refractivity contribution in [1.29, 1.82) is 0 Å². The molecule has 2 aliphatic rings. The lowest BCUT2D eigenvalue weighted by atomic mass is 9.81. The molecule has 0 spiro atoms. The Morgan fingerprint density at radius 1 is 1.09 bits per heavy atom. The lowest BCUT2D eigenvalue weighted by molar-refractivity contribution is -0.138. The molecule has 1 aromatic carbocycles. The molecule has 0 atom stereocenters. The monoisotopic (exact) mass is 507 g/mol. The van der Waals surface area contributed by atoms with Crippen molar-refractivity contribution in [3.05, 3.63) is 45.8 Å². The molecule has 3 heterocycles. The van der Waals surface area contributed by atoms with Gasteiger partial charge < -0.3 is 9.80 Å². The van der Waals surface area contributed by atoms with Gasteiger partial charge in [-0.3, -0.25) is 13.9 Å². The summed E-state index contributed by atoms with van der Waals surface area (Å²) in [6.45, 7) is 3.29. The fourth-order valence-electron chi connectivity index (χ4n) is 5.36. The fourth-order valence-corrected chi connectivity index (χ4v) is 6.06. The number of aryl methyl sites for hydroxylation is 1. The Morgan fingerprint density at radius 3 is 2.43 bits per heavy atom. The zero-order chi connectivity index (χ0) is 24.7. The first-order chi connectivity index (χ1) is 16.7. The van der Waals surface area contributed by atoms with Gasteiger partial charge in [0, 0.05) is 57.3 Å². The van der Waals surface area contributed by atoms with Crippen molar-refractivity contribution in [2.24, 2.45) is 18.9 Å². The number of hydrogen-bond donors (Lipinski definition) is 0. The van der Waals surface area contributed by atoms with Crippen molar-refractivity contribution in [2.45, 2.75) is 38.4 Å². The molecule has 7 nitrogen and oxygen atoms in total. The molecular weight excluding hydrogens is 479 g/mol. The molecule has 2 aromatic heterocycles. The Morgan fingerprint density at radius 2 is 1.80 bits per heavy atom. The lowest BCUT2D eigenvalue weighted by Crippen LogP contribution is -2.50. The highest BCUT2D eigenvalue weighted by atomic mass is 32.1. The van der Waals surface area contributed by atoms with Gasteiger partial charge in [-0.25, -0.2) is 9.78 Å². The van der Waals surface area contributed by atoms with Gasteiger partial charge in [0.05, 0.1) is 16.6 Å². The van der Waals surface area contributed by atoms with E-state index in [1.165, 1.54) is 15.2 Å². The van der Waals surface area contributed by atoms with E-state index in [0.29, 0.717) is 30.7 Å². The van der Waals surface area contributed by atoms with Crippen LogP contribution in [0.15, 0.2) is 34.6 Å². The number of benzene rings is 1. The second kappa shape index (κ2) is 9.33. The molecule has 5 rings (SSSR count). The van der Waals surface area contributed by atoms with Crippen LogP contribution in [0, 0.1) is 11.8 Å². The van der Waals surface area contributed by atoms with Crippen molar-refractivity contribution >= 4 is 33.4 Å². The van der Waals surface area contributed by atoms with Crippen LogP contribution in [0.25, 0.3) is 11.0 Å². The first-order valence-corrected chi connectivity index (χ1v) is 12.8. The van der Waals surface area contributed by atoms with E-state index in [-0.39, 0.29) is 23.4 Å². The molecule has 1 aliphatic heterocycles. The number of carbonyl (C=O) groups is 1. The number of amides is 1. The first-order valence-electron chi connectivity index (χ1n) is 11.9. The van der Waals surface area contributed by atoms with Crippen molar-refractivity contribution in [1.82, 2.24) is 19.0 Å². The average Bonchev–Trinajstić information content (AvgIpc) is 3.47. The number of nitrogens with zero attached hydrogens (tertiary/aromatic N) is 5. The molecule has 188 valence electrons. The minimum atomic E-state index is -4.46. The second-order valence-electron chi connectivity index (χ2n) is 9.50. The Hall–Kier alpha value is -2.82. The predicted molar refractivity (Wildman–Crippen MR) is 129 cm³/mol. The molecule has 0 N–H and O–H groups in total. The van der Waals surface area contributed by atoms with E-state index in [1.807, 2.05) is 10.3 Å². The number of fused-ring (bicyclic) bond motifs is 1. The standard InChI is InChI=1S/C24H28F3N5O2S/c1-29-19-7-6-18(24(25,26)27)14-20(19)32(23(29)34)15-16-2-4-17(5-3-16)21(33)30-9-11-31(12-10-30)22-28-8-13-35-22/h6-8,13-14,16-17H,2-5,9-12,15H2,1H3. The zero-order valence-electron chi connectivity index (χ0n) is 19.5. The lowest BCUT2D eigenvalue weighted by Gasteiger charge is -2.37. The second-order valence-corrected chi connectivity index (χ2v) is 10.4. The molecule has 35 heavy (non-hydrogen) atoms. The van der Waals surface area contributed by atoms with Crippen LogP contribution in [-0.4, -0.2) is 51.1 Å². The molecule has 0 unspecified atom stereocenters. The Kier molecular flexibility index (Phi) is 6.37. The number of rotatable bonds is 4. The van der Waals surface area contributed by atoms with E-state index < -0.39 is 11.7 Å². The van der Waals surface area contributed by atoms with Gasteiger partial charge in [0.2, 0.25) is 5.91 Å².